The first-order valence-electron chi connectivity index (χ1n) is 12.2. The molecule has 1 aliphatic rings. The first-order valence-corrected chi connectivity index (χ1v) is 15.1. The quantitative estimate of drug-likeness (QED) is 0.344. The standard InChI is InChI=1S/C29H40O3Si/c1-21(19-22-11-13-23(14-12-22)27(30)31)24-15-16-26(32-33(6,7)28(2,3)4)25(20-24)29(5)17-9-8-10-18-29/h11-16,19-20H,8-10,17-18H2,1-7H3,(H,30,31). The van der Waals surface area contributed by atoms with Crippen LogP contribution in [0.2, 0.25) is 18.1 Å². The van der Waals surface area contributed by atoms with E-state index in [1.807, 2.05) is 12.1 Å². The number of aromatic carboxylic acids is 1. The summed E-state index contributed by atoms with van der Waals surface area (Å²) in [7, 11) is -1.96. The van der Waals surface area contributed by atoms with Crippen LogP contribution in [-0.2, 0) is 5.41 Å². The van der Waals surface area contributed by atoms with Gasteiger partial charge in [-0.2, -0.15) is 0 Å². The van der Waals surface area contributed by atoms with Gasteiger partial charge in [-0.05, 0) is 89.8 Å². The molecular weight excluding hydrogens is 424 g/mol. The van der Waals surface area contributed by atoms with Gasteiger partial charge in [0.25, 0.3) is 0 Å². The highest BCUT2D eigenvalue weighted by Gasteiger charge is 2.41. The molecular formula is C29H40O3Si. The van der Waals surface area contributed by atoms with Gasteiger partial charge >= 0.3 is 5.97 Å². The number of carbonyl (C=O) groups is 1. The fourth-order valence-electron chi connectivity index (χ4n) is 4.42. The van der Waals surface area contributed by atoms with E-state index >= 15 is 0 Å². The number of rotatable bonds is 6. The van der Waals surface area contributed by atoms with Crippen LogP contribution in [0.25, 0.3) is 11.6 Å². The maximum absolute atomic E-state index is 11.1. The van der Waals surface area contributed by atoms with Crippen LogP contribution in [0.5, 0.6) is 5.75 Å². The Bertz CT molecular complexity index is 1020. The summed E-state index contributed by atoms with van der Waals surface area (Å²) in [6.07, 6.45) is 8.38. The molecule has 0 heterocycles. The van der Waals surface area contributed by atoms with Crippen molar-refractivity contribution < 1.29 is 14.3 Å². The Kier molecular flexibility index (Phi) is 7.28. The molecule has 0 aromatic heterocycles. The molecule has 4 heteroatoms. The molecule has 0 amide bonds. The fourth-order valence-corrected chi connectivity index (χ4v) is 5.45. The minimum absolute atomic E-state index is 0.134. The smallest absolute Gasteiger partial charge is 0.335 e. The van der Waals surface area contributed by atoms with E-state index in [1.54, 1.807) is 12.1 Å². The molecule has 0 atom stereocenters. The maximum atomic E-state index is 11.1. The summed E-state index contributed by atoms with van der Waals surface area (Å²) < 4.78 is 6.87. The molecule has 1 aliphatic carbocycles. The molecule has 0 aliphatic heterocycles. The summed E-state index contributed by atoms with van der Waals surface area (Å²) in [6.45, 7) is 16.0. The molecule has 33 heavy (non-hydrogen) atoms. The monoisotopic (exact) mass is 464 g/mol. The van der Waals surface area contributed by atoms with Crippen LogP contribution in [0.4, 0.5) is 0 Å². The van der Waals surface area contributed by atoms with Crippen LogP contribution >= 0.6 is 0 Å². The Morgan fingerprint density at radius 2 is 1.58 bits per heavy atom. The van der Waals surface area contributed by atoms with E-state index in [4.69, 9.17) is 9.53 Å². The molecule has 0 unspecified atom stereocenters. The van der Waals surface area contributed by atoms with E-state index in [0.29, 0.717) is 5.56 Å². The largest absolute Gasteiger partial charge is 0.543 e. The summed E-state index contributed by atoms with van der Waals surface area (Å²) in [5.41, 5.74) is 5.15. The SMILES string of the molecule is CC(=Cc1ccc(C(=O)O)cc1)c1ccc(O[Si](C)(C)C(C)(C)C)c(C2(C)CCCCC2)c1. The number of carboxylic acid groups (broad SMARTS) is 1. The second-order valence-corrected chi connectivity index (χ2v) is 16.2. The average molecular weight is 465 g/mol. The van der Waals surface area contributed by atoms with E-state index in [0.717, 1.165) is 16.9 Å². The lowest BCUT2D eigenvalue weighted by molar-refractivity contribution is 0.0697. The van der Waals surface area contributed by atoms with Crippen LogP contribution in [0.1, 0.15) is 93.8 Å². The van der Waals surface area contributed by atoms with Crippen molar-refractivity contribution in [2.24, 2.45) is 0 Å². The van der Waals surface area contributed by atoms with Crippen molar-refractivity contribution in [1.82, 2.24) is 0 Å². The maximum Gasteiger partial charge on any atom is 0.335 e. The third-order valence-corrected chi connectivity index (χ3v) is 12.1. The van der Waals surface area contributed by atoms with E-state index in [1.165, 1.54) is 43.2 Å². The van der Waals surface area contributed by atoms with Gasteiger partial charge in [-0.3, -0.25) is 0 Å². The van der Waals surface area contributed by atoms with Gasteiger partial charge in [0.05, 0.1) is 5.56 Å². The zero-order valence-corrected chi connectivity index (χ0v) is 22.4. The summed E-state index contributed by atoms with van der Waals surface area (Å²) >= 11 is 0. The average Bonchev–Trinajstić information content (AvgIpc) is 2.73. The Labute approximate surface area is 201 Å². The lowest BCUT2D eigenvalue weighted by Crippen LogP contribution is -2.44. The van der Waals surface area contributed by atoms with E-state index in [2.05, 4.69) is 72.0 Å². The van der Waals surface area contributed by atoms with Gasteiger partial charge in [0.15, 0.2) is 0 Å². The zero-order valence-electron chi connectivity index (χ0n) is 21.4. The van der Waals surface area contributed by atoms with Crippen molar-refractivity contribution in [2.75, 3.05) is 0 Å². The second kappa shape index (κ2) is 9.50. The van der Waals surface area contributed by atoms with E-state index < -0.39 is 14.3 Å². The molecule has 178 valence electrons. The Morgan fingerprint density at radius 3 is 2.12 bits per heavy atom. The number of carboxylic acids is 1. The lowest BCUT2D eigenvalue weighted by atomic mass is 9.70. The predicted molar refractivity (Wildman–Crippen MR) is 142 cm³/mol. The van der Waals surface area contributed by atoms with Gasteiger partial charge in [0, 0.05) is 0 Å². The summed E-state index contributed by atoms with van der Waals surface area (Å²) in [5.74, 6) is 0.165. The van der Waals surface area contributed by atoms with E-state index in [-0.39, 0.29) is 10.5 Å². The fraction of sp³-hybridized carbons (Fsp3) is 0.483. The topological polar surface area (TPSA) is 46.5 Å². The predicted octanol–water partition coefficient (Wildman–Crippen LogP) is 8.55. The molecule has 1 saturated carbocycles. The molecule has 0 saturated heterocycles. The number of allylic oxidation sites excluding steroid dienone is 1. The lowest BCUT2D eigenvalue weighted by Gasteiger charge is -2.40. The van der Waals surface area contributed by atoms with Gasteiger partial charge in [-0.1, -0.05) is 71.2 Å². The minimum Gasteiger partial charge on any atom is -0.543 e. The Balaban J connectivity index is 2.01. The first kappa shape index (κ1) is 25.3. The van der Waals surface area contributed by atoms with Gasteiger partial charge in [-0.25, -0.2) is 4.79 Å². The number of hydrogen-bond acceptors (Lipinski definition) is 2. The number of benzene rings is 2. The molecule has 2 aromatic carbocycles. The van der Waals surface area contributed by atoms with Crippen molar-refractivity contribution >= 4 is 25.9 Å². The van der Waals surface area contributed by atoms with Crippen LogP contribution in [-0.4, -0.2) is 19.4 Å². The normalized spacial score (nSPS) is 17.0. The highest BCUT2D eigenvalue weighted by atomic mass is 28.4. The molecule has 0 spiro atoms. The molecule has 0 bridgehead atoms. The van der Waals surface area contributed by atoms with Crippen molar-refractivity contribution in [3.8, 4) is 5.75 Å². The van der Waals surface area contributed by atoms with E-state index in [9.17, 15) is 4.79 Å². The molecule has 0 radical (unpaired) electrons. The van der Waals surface area contributed by atoms with Crippen LogP contribution in [0, 0.1) is 0 Å². The Morgan fingerprint density at radius 1 is 1.00 bits per heavy atom. The third kappa shape index (κ3) is 5.78. The highest BCUT2D eigenvalue weighted by molar-refractivity contribution is 6.74. The Hall–Kier alpha value is -2.33. The molecule has 2 aromatic rings. The second-order valence-electron chi connectivity index (χ2n) is 11.4. The van der Waals surface area contributed by atoms with Gasteiger partial charge in [-0.15, -0.1) is 0 Å². The molecule has 1 N–H and O–H groups in total. The van der Waals surface area contributed by atoms with Crippen molar-refractivity contribution in [3.05, 3.63) is 64.7 Å². The summed E-state index contributed by atoms with van der Waals surface area (Å²) in [4.78, 5) is 11.1. The first-order chi connectivity index (χ1) is 15.3. The van der Waals surface area contributed by atoms with Gasteiger partial charge in [0.2, 0.25) is 8.32 Å². The van der Waals surface area contributed by atoms with Crippen LogP contribution in [0.15, 0.2) is 42.5 Å². The molecule has 3 nitrogen and oxygen atoms in total. The third-order valence-electron chi connectivity index (χ3n) is 7.75. The van der Waals surface area contributed by atoms with Crippen LogP contribution in [0.3, 0.4) is 0 Å². The summed E-state index contributed by atoms with van der Waals surface area (Å²) in [5, 5.41) is 9.29. The van der Waals surface area contributed by atoms with Gasteiger partial charge < -0.3 is 9.53 Å². The van der Waals surface area contributed by atoms with Crippen molar-refractivity contribution in [2.45, 2.75) is 90.3 Å². The molecule has 3 rings (SSSR count). The highest BCUT2D eigenvalue weighted by Crippen LogP contribution is 2.46. The number of hydrogen-bond donors (Lipinski definition) is 1. The van der Waals surface area contributed by atoms with Gasteiger partial charge in [0.1, 0.15) is 5.75 Å². The van der Waals surface area contributed by atoms with Crippen molar-refractivity contribution in [3.63, 3.8) is 0 Å². The summed E-state index contributed by atoms with van der Waals surface area (Å²) in [6, 6.07) is 13.8. The molecule has 1 fully saturated rings. The van der Waals surface area contributed by atoms with Crippen LogP contribution < -0.4 is 4.43 Å². The minimum atomic E-state index is -1.96. The van der Waals surface area contributed by atoms with Crippen molar-refractivity contribution in [1.29, 1.82) is 0 Å². The zero-order chi connectivity index (χ0) is 24.4.